The summed E-state index contributed by atoms with van der Waals surface area (Å²) in [5, 5.41) is 9.47. The van der Waals surface area contributed by atoms with Crippen LogP contribution in [0.4, 0.5) is 4.39 Å². The zero-order valence-electron chi connectivity index (χ0n) is 3.32. The monoisotopic (exact) mass is 101 g/mol. The van der Waals surface area contributed by atoms with Crippen molar-refractivity contribution < 1.29 is 4.39 Å². The standard InChI is InChI=1S/C2H2FN4/c3-1-7-2-4-5-6-7/h1-2H/q-1. The molecule has 4 nitrogen and oxygen atoms in total. The maximum Gasteiger partial charge on any atom is 0.0239 e. The van der Waals surface area contributed by atoms with Crippen molar-refractivity contribution in [2.24, 2.45) is 0 Å². The van der Waals surface area contributed by atoms with E-state index in [1.807, 2.05) is 0 Å². The quantitative estimate of drug-likeness (QED) is 0.452. The second-order valence-corrected chi connectivity index (χ2v) is 0.887. The van der Waals surface area contributed by atoms with E-state index in [0.717, 1.165) is 11.0 Å². The van der Waals surface area contributed by atoms with Gasteiger partial charge < -0.3 is 9.07 Å². The molecule has 0 aliphatic rings. The molecular formula is C2H2FN4-. The lowest BCUT2D eigenvalue weighted by molar-refractivity contribution is 0.511. The van der Waals surface area contributed by atoms with Crippen LogP contribution >= 0.6 is 0 Å². The molecule has 1 aromatic rings. The summed E-state index contributed by atoms with van der Waals surface area (Å²) in [7, 11) is 0. The van der Waals surface area contributed by atoms with E-state index in [2.05, 4.69) is 15.5 Å². The first-order valence-electron chi connectivity index (χ1n) is 1.59. The molecule has 0 amide bonds. The number of nitrogens with zero attached hydrogens (tertiary/aromatic N) is 4. The Morgan fingerprint density at radius 3 is 2.86 bits per heavy atom. The van der Waals surface area contributed by atoms with E-state index in [-0.39, 0.29) is 6.80 Å². The summed E-state index contributed by atoms with van der Waals surface area (Å²) in [6, 6.07) is 0. The topological polar surface area (TPSA) is 43.6 Å². The molecule has 1 heterocycles. The third-order valence-corrected chi connectivity index (χ3v) is 0.465. The molecule has 5 heteroatoms. The summed E-state index contributed by atoms with van der Waals surface area (Å²) in [5.74, 6) is 0. The van der Waals surface area contributed by atoms with Crippen molar-refractivity contribution in [3.05, 3.63) is 13.1 Å². The molecule has 0 aliphatic carbocycles. The minimum absolute atomic E-state index is 0.264. The van der Waals surface area contributed by atoms with Gasteiger partial charge in [0.2, 0.25) is 0 Å². The Bertz CT molecular complexity index is 124. The molecule has 0 aromatic carbocycles. The summed E-state index contributed by atoms with van der Waals surface area (Å²) >= 11 is 0. The fourth-order valence-electron chi connectivity index (χ4n) is 0.213. The van der Waals surface area contributed by atoms with Crippen LogP contribution in [0.15, 0.2) is 6.33 Å². The van der Waals surface area contributed by atoms with Crippen LogP contribution in [0, 0.1) is 6.80 Å². The van der Waals surface area contributed by atoms with Gasteiger partial charge in [-0.3, -0.25) is 0 Å². The third kappa shape index (κ3) is 0.648. The van der Waals surface area contributed by atoms with Gasteiger partial charge in [0.15, 0.2) is 0 Å². The van der Waals surface area contributed by atoms with Gasteiger partial charge in [0, 0.05) is 6.80 Å². The Balaban J connectivity index is 2.76. The van der Waals surface area contributed by atoms with Crippen LogP contribution in [0.5, 0.6) is 0 Å². The number of hydrogen-bond donors (Lipinski definition) is 0. The first-order valence-corrected chi connectivity index (χ1v) is 1.59. The van der Waals surface area contributed by atoms with Gasteiger partial charge in [0.25, 0.3) is 0 Å². The second kappa shape index (κ2) is 1.55. The molecule has 0 N–H and O–H groups in total. The maximum atomic E-state index is 11.3. The van der Waals surface area contributed by atoms with Crippen molar-refractivity contribution in [1.29, 1.82) is 0 Å². The Hall–Kier alpha value is -1.13. The lowest BCUT2D eigenvalue weighted by Gasteiger charge is -1.92. The molecule has 1 rings (SSSR count). The molecule has 0 bridgehead atoms. The predicted octanol–water partition coefficient (Wildman–Crippen LogP) is -0.390. The fourth-order valence-corrected chi connectivity index (χ4v) is 0.213. The molecule has 0 saturated heterocycles. The van der Waals surface area contributed by atoms with E-state index >= 15 is 0 Å². The van der Waals surface area contributed by atoms with Crippen molar-refractivity contribution >= 4 is 0 Å². The van der Waals surface area contributed by atoms with Gasteiger partial charge in [0.05, 0.1) is 0 Å². The lowest BCUT2D eigenvalue weighted by Crippen LogP contribution is -1.89. The van der Waals surface area contributed by atoms with Crippen LogP contribution in [-0.2, 0) is 0 Å². The molecular weight excluding hydrogens is 99.0 g/mol. The zero-order chi connectivity index (χ0) is 5.11. The van der Waals surface area contributed by atoms with E-state index in [1.54, 1.807) is 0 Å². The summed E-state index contributed by atoms with van der Waals surface area (Å²) in [6.07, 6.45) is 1.15. The van der Waals surface area contributed by atoms with Gasteiger partial charge in [-0.1, -0.05) is 5.21 Å². The van der Waals surface area contributed by atoms with Gasteiger partial charge in [0.1, 0.15) is 0 Å². The molecule has 0 saturated carbocycles. The third-order valence-electron chi connectivity index (χ3n) is 0.465. The highest BCUT2D eigenvalue weighted by atomic mass is 19.1. The minimum Gasteiger partial charge on any atom is -0.338 e. The van der Waals surface area contributed by atoms with Gasteiger partial charge in [-0.25, -0.2) is 5.10 Å². The summed E-state index contributed by atoms with van der Waals surface area (Å²) in [6.45, 7) is 0.264. The minimum atomic E-state index is 0.264. The molecule has 7 heavy (non-hydrogen) atoms. The van der Waals surface area contributed by atoms with Crippen molar-refractivity contribution in [2.45, 2.75) is 0 Å². The molecule has 0 aliphatic heterocycles. The molecule has 0 unspecified atom stereocenters. The van der Waals surface area contributed by atoms with E-state index in [9.17, 15) is 4.39 Å². The molecule has 0 radical (unpaired) electrons. The highest BCUT2D eigenvalue weighted by Crippen LogP contribution is 1.77. The Morgan fingerprint density at radius 1 is 1.71 bits per heavy atom. The smallest absolute Gasteiger partial charge is 0.0239 e. The first kappa shape index (κ1) is 4.04. The normalized spacial score (nSPS) is 8.71. The van der Waals surface area contributed by atoms with Gasteiger partial charge in [-0.15, -0.1) is 0 Å². The van der Waals surface area contributed by atoms with Crippen molar-refractivity contribution in [1.82, 2.24) is 20.2 Å². The highest BCUT2D eigenvalue weighted by molar-refractivity contribution is 4.50. The molecule has 38 valence electrons. The number of aromatic nitrogens is 4. The number of halogens is 1. The maximum absolute atomic E-state index is 11.3. The van der Waals surface area contributed by atoms with Crippen LogP contribution < -0.4 is 0 Å². The Kier molecular flexibility index (Phi) is 0.892. The van der Waals surface area contributed by atoms with Crippen LogP contribution in [0.3, 0.4) is 0 Å². The summed E-state index contributed by atoms with van der Waals surface area (Å²) in [4.78, 5) is 0. The second-order valence-electron chi connectivity index (χ2n) is 0.887. The molecule has 0 atom stereocenters. The summed E-state index contributed by atoms with van der Waals surface area (Å²) in [5.41, 5.74) is 0. The van der Waals surface area contributed by atoms with Crippen LogP contribution in [0.25, 0.3) is 0 Å². The van der Waals surface area contributed by atoms with Gasteiger partial charge in [-0.05, 0) is 11.5 Å². The molecule has 0 spiro atoms. The lowest BCUT2D eigenvalue weighted by atomic mass is 11.2. The fraction of sp³-hybridized carbons (Fsp3) is 0. The highest BCUT2D eigenvalue weighted by Gasteiger charge is 1.71. The zero-order valence-corrected chi connectivity index (χ0v) is 3.32. The average Bonchev–Trinajstić information content (AvgIpc) is 2.14. The first-order chi connectivity index (χ1) is 3.43. The van der Waals surface area contributed by atoms with E-state index in [4.69, 9.17) is 0 Å². The van der Waals surface area contributed by atoms with Crippen LogP contribution in [-0.4, -0.2) is 20.2 Å². The Labute approximate surface area is 38.9 Å². The van der Waals surface area contributed by atoms with E-state index < -0.39 is 0 Å². The SMILES string of the molecule is F[CH-]n1cnnn1. The Morgan fingerprint density at radius 2 is 2.57 bits per heavy atom. The number of hydrogen-bond acceptors (Lipinski definition) is 3. The van der Waals surface area contributed by atoms with E-state index in [0.29, 0.717) is 0 Å². The predicted molar refractivity (Wildman–Crippen MR) is 18.6 cm³/mol. The van der Waals surface area contributed by atoms with Crippen LogP contribution in [0.1, 0.15) is 0 Å². The summed E-state index contributed by atoms with van der Waals surface area (Å²) < 4.78 is 12.1. The molecule has 0 fully saturated rings. The van der Waals surface area contributed by atoms with Crippen molar-refractivity contribution in [3.8, 4) is 0 Å². The van der Waals surface area contributed by atoms with Gasteiger partial charge in [-0.2, -0.15) is 0 Å². The largest absolute Gasteiger partial charge is 0.338 e. The number of rotatable bonds is 1. The molecule has 1 aromatic heterocycles. The van der Waals surface area contributed by atoms with Crippen molar-refractivity contribution in [2.75, 3.05) is 0 Å². The van der Waals surface area contributed by atoms with E-state index in [1.165, 1.54) is 0 Å². The van der Waals surface area contributed by atoms with Gasteiger partial charge >= 0.3 is 0 Å². The van der Waals surface area contributed by atoms with Crippen molar-refractivity contribution in [3.63, 3.8) is 0 Å². The van der Waals surface area contributed by atoms with Crippen LogP contribution in [0.2, 0.25) is 0 Å². The average molecular weight is 101 g/mol. The number of tetrazole rings is 1.